The molecule has 0 atom stereocenters. The number of halogens is 3. The number of alkyl halides is 3. The maximum Gasteiger partial charge on any atom is 0.416 e. The quantitative estimate of drug-likeness (QED) is 0.258. The molecule has 5 rings (SSSR count). The lowest BCUT2D eigenvalue weighted by Crippen LogP contribution is -2.15. The second kappa shape index (κ2) is 11.1. The highest BCUT2D eigenvalue weighted by atomic mass is 32.2. The SMILES string of the molecule is O=C(/C=C\c1ccc(S(=O)(=O)Cc2ccc(C(F)(F)F)cc2)cc1)Nc1nc(-c2ccc3c(c2)OCCO3)cs1. The molecule has 0 spiro atoms. The van der Waals surface area contributed by atoms with E-state index in [-0.39, 0.29) is 10.5 Å². The van der Waals surface area contributed by atoms with E-state index in [9.17, 15) is 26.4 Å². The Kier molecular flexibility index (Phi) is 7.63. The minimum atomic E-state index is -4.49. The number of benzene rings is 3. The Morgan fingerprint density at radius 2 is 1.68 bits per heavy atom. The van der Waals surface area contributed by atoms with Crippen molar-refractivity contribution in [2.75, 3.05) is 18.5 Å². The van der Waals surface area contributed by atoms with Crippen molar-refractivity contribution in [3.05, 3.63) is 94.9 Å². The second-order valence-corrected chi connectivity index (χ2v) is 11.6. The summed E-state index contributed by atoms with van der Waals surface area (Å²) in [7, 11) is -3.78. The summed E-state index contributed by atoms with van der Waals surface area (Å²) in [4.78, 5) is 16.9. The lowest BCUT2D eigenvalue weighted by atomic mass is 10.1. The summed E-state index contributed by atoms with van der Waals surface area (Å²) in [5, 5.41) is 4.92. The average Bonchev–Trinajstić information content (AvgIpc) is 3.40. The van der Waals surface area contributed by atoms with Gasteiger partial charge in [-0.3, -0.25) is 10.1 Å². The van der Waals surface area contributed by atoms with Crippen molar-refractivity contribution in [1.29, 1.82) is 0 Å². The van der Waals surface area contributed by atoms with Crippen molar-refractivity contribution in [2.45, 2.75) is 16.8 Å². The molecule has 40 heavy (non-hydrogen) atoms. The van der Waals surface area contributed by atoms with Gasteiger partial charge in [0.25, 0.3) is 0 Å². The van der Waals surface area contributed by atoms with E-state index in [1.54, 1.807) is 0 Å². The standard InChI is InChI=1S/C28H21F3N2O5S2/c29-28(30,31)21-7-1-19(2-8-21)17-40(35,36)22-9-3-18(4-10-22)5-12-26(34)33-27-32-23(16-39-27)20-6-11-24-25(15-20)38-14-13-37-24/h1-12,15-16H,13-14,17H2,(H,32,33,34)/b12-5-. The molecule has 0 fully saturated rings. The van der Waals surface area contributed by atoms with E-state index >= 15 is 0 Å². The zero-order chi connectivity index (χ0) is 28.3. The van der Waals surface area contributed by atoms with Gasteiger partial charge in [-0.25, -0.2) is 13.4 Å². The lowest BCUT2D eigenvalue weighted by molar-refractivity contribution is -0.137. The first kappa shape index (κ1) is 27.4. The number of nitrogens with one attached hydrogen (secondary N) is 1. The molecule has 0 bridgehead atoms. The van der Waals surface area contributed by atoms with E-state index in [0.29, 0.717) is 41.1 Å². The number of carbonyl (C=O) groups excluding carboxylic acids is 1. The molecule has 1 aliphatic heterocycles. The van der Waals surface area contributed by atoms with Gasteiger partial charge >= 0.3 is 6.18 Å². The van der Waals surface area contributed by atoms with Crippen LogP contribution in [0.2, 0.25) is 0 Å². The molecule has 12 heteroatoms. The smallest absolute Gasteiger partial charge is 0.416 e. The summed E-state index contributed by atoms with van der Waals surface area (Å²) in [6, 6.07) is 15.4. The first-order valence-electron chi connectivity index (χ1n) is 11.9. The van der Waals surface area contributed by atoms with Crippen LogP contribution in [-0.4, -0.2) is 32.5 Å². The maximum absolute atomic E-state index is 12.7. The molecule has 1 aliphatic rings. The summed E-state index contributed by atoms with van der Waals surface area (Å²) >= 11 is 1.27. The highest BCUT2D eigenvalue weighted by molar-refractivity contribution is 7.90. The number of carbonyl (C=O) groups is 1. The number of sulfone groups is 1. The summed E-state index contributed by atoms with van der Waals surface area (Å²) < 4.78 is 74.8. The summed E-state index contributed by atoms with van der Waals surface area (Å²) in [5.41, 5.74) is 1.48. The predicted octanol–water partition coefficient (Wildman–Crippen LogP) is 6.23. The molecule has 206 valence electrons. The fourth-order valence-electron chi connectivity index (χ4n) is 3.86. The molecule has 1 N–H and O–H groups in total. The van der Waals surface area contributed by atoms with E-state index in [4.69, 9.17) is 9.47 Å². The second-order valence-electron chi connectivity index (χ2n) is 8.74. The van der Waals surface area contributed by atoms with Crippen LogP contribution in [0.1, 0.15) is 16.7 Å². The molecule has 1 amide bonds. The number of fused-ring (bicyclic) bond motifs is 1. The van der Waals surface area contributed by atoms with Crippen LogP contribution in [0.3, 0.4) is 0 Å². The average molecular weight is 587 g/mol. The number of aromatic nitrogens is 1. The van der Waals surface area contributed by atoms with Crippen molar-refractivity contribution in [3.63, 3.8) is 0 Å². The van der Waals surface area contributed by atoms with Gasteiger partial charge in [-0.05, 0) is 59.7 Å². The van der Waals surface area contributed by atoms with Crippen LogP contribution in [0.15, 0.2) is 83.1 Å². The Balaban J connectivity index is 1.18. The van der Waals surface area contributed by atoms with E-state index in [0.717, 1.165) is 29.8 Å². The number of nitrogens with zero attached hydrogens (tertiary/aromatic N) is 1. The van der Waals surface area contributed by atoms with Gasteiger partial charge in [0.15, 0.2) is 26.5 Å². The largest absolute Gasteiger partial charge is 0.486 e. The predicted molar refractivity (Wildman–Crippen MR) is 145 cm³/mol. The third-order valence-electron chi connectivity index (χ3n) is 5.88. The Hall–Kier alpha value is -4.16. The molecule has 3 aromatic carbocycles. The van der Waals surface area contributed by atoms with Gasteiger partial charge in [0.2, 0.25) is 5.91 Å². The van der Waals surface area contributed by atoms with E-state index in [1.165, 1.54) is 47.8 Å². The molecule has 7 nitrogen and oxygen atoms in total. The summed E-state index contributed by atoms with van der Waals surface area (Å²) in [6.07, 6.45) is -1.66. The molecular formula is C28H21F3N2O5S2. The highest BCUT2D eigenvalue weighted by Crippen LogP contribution is 2.35. The number of hydrogen-bond donors (Lipinski definition) is 1. The fraction of sp³-hybridized carbons (Fsp3) is 0.143. The van der Waals surface area contributed by atoms with Gasteiger partial charge in [-0.1, -0.05) is 24.3 Å². The minimum Gasteiger partial charge on any atom is -0.486 e. The third-order valence-corrected chi connectivity index (χ3v) is 8.34. The van der Waals surface area contributed by atoms with Crippen LogP contribution in [0.25, 0.3) is 17.3 Å². The summed E-state index contributed by atoms with van der Waals surface area (Å²) in [6.45, 7) is 0.976. The molecule has 1 aromatic heterocycles. The van der Waals surface area contributed by atoms with Crippen LogP contribution in [0.4, 0.5) is 18.3 Å². The van der Waals surface area contributed by atoms with Gasteiger partial charge in [0, 0.05) is 17.0 Å². The first-order valence-corrected chi connectivity index (χ1v) is 14.4. The van der Waals surface area contributed by atoms with Gasteiger partial charge in [-0.2, -0.15) is 13.2 Å². The van der Waals surface area contributed by atoms with E-state index < -0.39 is 33.2 Å². The van der Waals surface area contributed by atoms with Crippen LogP contribution in [0.5, 0.6) is 11.5 Å². The van der Waals surface area contributed by atoms with E-state index in [2.05, 4.69) is 10.3 Å². The Morgan fingerprint density at radius 1 is 0.975 bits per heavy atom. The van der Waals surface area contributed by atoms with Crippen LogP contribution >= 0.6 is 11.3 Å². The molecule has 0 unspecified atom stereocenters. The third kappa shape index (κ3) is 6.52. The highest BCUT2D eigenvalue weighted by Gasteiger charge is 2.30. The monoisotopic (exact) mass is 586 g/mol. The fourth-order valence-corrected chi connectivity index (χ4v) is 5.94. The van der Waals surface area contributed by atoms with E-state index in [1.807, 2.05) is 23.6 Å². The van der Waals surface area contributed by atoms with Crippen LogP contribution < -0.4 is 14.8 Å². The van der Waals surface area contributed by atoms with Crippen molar-refractivity contribution >= 4 is 38.3 Å². The number of thiazole rings is 1. The molecule has 0 radical (unpaired) electrons. The maximum atomic E-state index is 12.7. The zero-order valence-electron chi connectivity index (χ0n) is 20.6. The Bertz CT molecular complexity index is 1660. The minimum absolute atomic E-state index is 0.0171. The molecule has 4 aromatic rings. The summed E-state index contributed by atoms with van der Waals surface area (Å²) in [5.74, 6) is 0.463. The molecule has 0 saturated heterocycles. The lowest BCUT2D eigenvalue weighted by Gasteiger charge is -2.18. The first-order chi connectivity index (χ1) is 19.1. The number of ether oxygens (including phenoxy) is 2. The number of anilines is 1. The number of hydrogen-bond acceptors (Lipinski definition) is 7. The zero-order valence-corrected chi connectivity index (χ0v) is 22.3. The van der Waals surface area contributed by atoms with Crippen molar-refractivity contribution in [3.8, 4) is 22.8 Å². The number of rotatable bonds is 7. The van der Waals surface area contributed by atoms with Crippen molar-refractivity contribution in [2.24, 2.45) is 0 Å². The van der Waals surface area contributed by atoms with Crippen molar-refractivity contribution < 1.29 is 35.9 Å². The topological polar surface area (TPSA) is 94.6 Å². The Labute approximate surface area is 231 Å². The van der Waals surface area contributed by atoms with Crippen molar-refractivity contribution in [1.82, 2.24) is 4.98 Å². The molecule has 0 saturated carbocycles. The number of amides is 1. The van der Waals surface area contributed by atoms with Gasteiger partial charge in [0.05, 0.1) is 21.9 Å². The van der Waals surface area contributed by atoms with Gasteiger partial charge in [0.1, 0.15) is 13.2 Å². The Morgan fingerprint density at radius 3 is 2.38 bits per heavy atom. The molecule has 2 heterocycles. The normalized spacial score (nSPS) is 13.4. The molecular weight excluding hydrogens is 565 g/mol. The molecule has 0 aliphatic carbocycles. The van der Waals surface area contributed by atoms with Gasteiger partial charge < -0.3 is 9.47 Å². The van der Waals surface area contributed by atoms with Gasteiger partial charge in [-0.15, -0.1) is 11.3 Å². The van der Waals surface area contributed by atoms with Crippen LogP contribution in [0, 0.1) is 0 Å². The van der Waals surface area contributed by atoms with Crippen LogP contribution in [-0.2, 0) is 26.6 Å².